The van der Waals surface area contributed by atoms with Crippen LogP contribution in [0.4, 0.5) is 0 Å². The normalized spacial score (nSPS) is 85.7. The molecule has 0 amide bonds. The fraction of sp³-hybridized carbons (Fsp3) is 0.769. The zero-order valence-corrected chi connectivity index (χ0v) is 17.0. The van der Waals surface area contributed by atoms with Crippen LogP contribution >= 0.6 is 0 Å². The van der Waals surface area contributed by atoms with E-state index in [0.29, 0.717) is 0 Å². The first-order chi connectivity index (χ1) is 13.4. The Morgan fingerprint density at radius 2 is 0.778 bits per heavy atom. The summed E-state index contributed by atoms with van der Waals surface area (Å²) in [6.45, 7) is 0. The van der Waals surface area contributed by atoms with Crippen LogP contribution in [0.1, 0.15) is 0 Å². The summed E-state index contributed by atoms with van der Waals surface area (Å²) in [6.07, 6.45) is 0. The third-order valence-electron chi connectivity index (χ3n) is 14.4. The molecule has 0 aromatic heterocycles. The van der Waals surface area contributed by atoms with Gasteiger partial charge in [-0.3, -0.25) is 0 Å². The molecule has 12 aliphatic carbocycles. The van der Waals surface area contributed by atoms with E-state index in [0.717, 1.165) is 19.3 Å². The van der Waals surface area contributed by atoms with E-state index in [1.54, 1.807) is 4.46 Å². The van der Waals surface area contributed by atoms with Crippen molar-refractivity contribution >= 4 is 19.4 Å². The molecule has 12 fully saturated rings. The predicted molar refractivity (Wildman–Crippen MR) is 101 cm³/mol. The Labute approximate surface area is 166 Å². The zero-order chi connectivity index (χ0) is 16.3. The van der Waals surface area contributed by atoms with Crippen LogP contribution in [-0.2, 0) is 0 Å². The molecule has 12 atom stereocenters. The fourth-order valence-corrected chi connectivity index (χ4v) is 20.6. The van der Waals surface area contributed by atoms with Gasteiger partial charge in [-0.05, 0) is 0 Å². The average molecular weight is 415 g/mol. The Bertz CT molecular complexity index is 884. The molecule has 1 heteroatoms. The topological polar surface area (TPSA) is 0 Å². The van der Waals surface area contributed by atoms with Crippen molar-refractivity contribution in [2.45, 2.75) is 4.31 Å². The van der Waals surface area contributed by atoms with Crippen molar-refractivity contribution in [1.29, 1.82) is 0 Å². The van der Waals surface area contributed by atoms with Gasteiger partial charge < -0.3 is 0 Å². The van der Waals surface area contributed by atoms with Crippen molar-refractivity contribution in [1.82, 2.24) is 0 Å². The van der Waals surface area contributed by atoms with Crippen LogP contribution in [0.15, 0.2) is 30.3 Å². The summed E-state index contributed by atoms with van der Waals surface area (Å²) in [6, 6.07) is 12.0. The Balaban J connectivity index is 1.24. The standard InChI is InChI=1S/C26H24Se/c1-2-4-6(5-3-1)27-26-23-17-11-8-7-9-13(11)19(23)21-15(9)16-10(7)14-12(8)18(17)24(26)20(14)22(16)25(21)26/h1-5,7-25H. The molecule has 134 valence electrons. The van der Waals surface area contributed by atoms with E-state index in [9.17, 15) is 0 Å². The molecule has 0 spiro atoms. The molecule has 0 heterocycles. The van der Waals surface area contributed by atoms with Crippen LogP contribution in [0, 0.1) is 112 Å². The van der Waals surface area contributed by atoms with E-state index < -0.39 is 0 Å². The first-order valence-electron chi connectivity index (χ1n) is 12.2. The summed E-state index contributed by atoms with van der Waals surface area (Å²) in [4.78, 5) is 0. The molecule has 0 saturated heterocycles. The molecule has 0 N–H and O–H groups in total. The molecule has 0 radical (unpaired) electrons. The van der Waals surface area contributed by atoms with Crippen molar-refractivity contribution in [2.24, 2.45) is 112 Å². The third-order valence-corrected chi connectivity index (χ3v) is 17.9. The van der Waals surface area contributed by atoms with Gasteiger partial charge in [0.1, 0.15) is 0 Å². The SMILES string of the molecule is c1ccc([Se]C23C4C5C6C7C8C9C6C4C4C9C6C8C8C7C5C2C8C6C43)cc1. The Kier molecular flexibility index (Phi) is 1.41. The number of hydrogen-bond acceptors (Lipinski definition) is 0. The van der Waals surface area contributed by atoms with E-state index in [4.69, 9.17) is 0 Å². The van der Waals surface area contributed by atoms with E-state index in [1.165, 1.54) is 112 Å². The Morgan fingerprint density at radius 1 is 0.444 bits per heavy atom. The van der Waals surface area contributed by atoms with Crippen molar-refractivity contribution in [3.8, 4) is 0 Å². The second-order valence-electron chi connectivity index (χ2n) is 13.1. The fourth-order valence-electron chi connectivity index (χ4n) is 16.2. The zero-order valence-electron chi connectivity index (χ0n) is 15.3. The van der Waals surface area contributed by atoms with Gasteiger partial charge in [0.25, 0.3) is 0 Å². The van der Waals surface area contributed by atoms with Gasteiger partial charge in [-0.15, -0.1) is 0 Å². The Morgan fingerprint density at radius 3 is 1.15 bits per heavy atom. The predicted octanol–water partition coefficient (Wildman–Crippen LogP) is 3.03. The van der Waals surface area contributed by atoms with Gasteiger partial charge >= 0.3 is 167 Å². The van der Waals surface area contributed by atoms with Crippen molar-refractivity contribution in [2.75, 3.05) is 0 Å². The summed E-state index contributed by atoms with van der Waals surface area (Å²) in [5.74, 6) is 24.1. The van der Waals surface area contributed by atoms with Crippen LogP contribution in [0.3, 0.4) is 0 Å². The molecule has 27 heavy (non-hydrogen) atoms. The number of benzene rings is 1. The van der Waals surface area contributed by atoms with Gasteiger partial charge in [0, 0.05) is 0 Å². The van der Waals surface area contributed by atoms with Gasteiger partial charge in [-0.2, -0.15) is 0 Å². The van der Waals surface area contributed by atoms with E-state index in [-0.39, 0.29) is 0 Å². The molecule has 0 aliphatic heterocycles. The molecular weight excluding hydrogens is 391 g/mol. The van der Waals surface area contributed by atoms with Crippen molar-refractivity contribution in [3.63, 3.8) is 0 Å². The van der Waals surface area contributed by atoms with E-state index in [1.807, 2.05) is 0 Å². The maximum atomic E-state index is 2.53. The molecule has 13 rings (SSSR count). The second kappa shape index (κ2) is 3.06. The summed E-state index contributed by atoms with van der Waals surface area (Å²) in [5.41, 5.74) is 0. The number of rotatable bonds is 2. The monoisotopic (exact) mass is 416 g/mol. The van der Waals surface area contributed by atoms with Crippen LogP contribution in [0.2, 0.25) is 4.31 Å². The van der Waals surface area contributed by atoms with Crippen LogP contribution in [-0.4, -0.2) is 15.0 Å². The van der Waals surface area contributed by atoms with Crippen LogP contribution < -0.4 is 4.46 Å². The third kappa shape index (κ3) is 0.754. The van der Waals surface area contributed by atoms with Crippen molar-refractivity contribution in [3.05, 3.63) is 30.3 Å². The summed E-state index contributed by atoms with van der Waals surface area (Å²) < 4.78 is 2.65. The van der Waals surface area contributed by atoms with Gasteiger partial charge in [-0.25, -0.2) is 0 Å². The molecule has 12 unspecified atom stereocenters. The van der Waals surface area contributed by atoms with Gasteiger partial charge in [-0.1, -0.05) is 0 Å². The van der Waals surface area contributed by atoms with Crippen LogP contribution in [0.5, 0.6) is 0 Å². The summed E-state index contributed by atoms with van der Waals surface area (Å²) >= 11 is 0.768. The molecule has 0 bridgehead atoms. The van der Waals surface area contributed by atoms with Crippen LogP contribution in [0.25, 0.3) is 0 Å². The molecule has 0 nitrogen and oxygen atoms in total. The van der Waals surface area contributed by atoms with E-state index in [2.05, 4.69) is 30.3 Å². The first-order valence-corrected chi connectivity index (χ1v) is 13.9. The minimum atomic E-state index is 0.768. The van der Waals surface area contributed by atoms with Gasteiger partial charge in [0.15, 0.2) is 0 Å². The second-order valence-corrected chi connectivity index (χ2v) is 16.0. The molecule has 12 aliphatic rings. The van der Waals surface area contributed by atoms with Gasteiger partial charge in [0.2, 0.25) is 0 Å². The summed E-state index contributed by atoms with van der Waals surface area (Å²) in [7, 11) is 0. The molecular formula is C26H24Se. The average Bonchev–Trinajstić information content (AvgIpc) is 3.40. The molecule has 1 aromatic rings. The van der Waals surface area contributed by atoms with Crippen molar-refractivity contribution < 1.29 is 0 Å². The quantitative estimate of drug-likeness (QED) is 0.652. The van der Waals surface area contributed by atoms with Gasteiger partial charge in [0.05, 0.1) is 0 Å². The molecule has 1 aromatic carbocycles. The maximum absolute atomic E-state index is 2.53. The number of hydrogen-bond donors (Lipinski definition) is 0. The Hall–Kier alpha value is -0.261. The minimum absolute atomic E-state index is 0.768. The summed E-state index contributed by atoms with van der Waals surface area (Å²) in [5, 5.41) is 0. The molecule has 12 saturated carbocycles. The first kappa shape index (κ1) is 12.4. The van der Waals surface area contributed by atoms with E-state index >= 15 is 0 Å².